The minimum atomic E-state index is 0.573. The van der Waals surface area contributed by atoms with E-state index in [1.807, 2.05) is 24.4 Å². The zero-order chi connectivity index (χ0) is 13.2. The molecular formula is C13H12N4O2. The molecule has 3 rings (SSSR count). The van der Waals surface area contributed by atoms with Gasteiger partial charge in [-0.1, -0.05) is 6.07 Å². The molecule has 0 N–H and O–H groups in total. The lowest BCUT2D eigenvalue weighted by Gasteiger charge is -2.09. The smallest absolute Gasteiger partial charge is 0.254 e. The van der Waals surface area contributed by atoms with Crippen molar-refractivity contribution in [2.45, 2.75) is 0 Å². The van der Waals surface area contributed by atoms with E-state index in [2.05, 4.69) is 15.2 Å². The average Bonchev–Trinajstić information content (AvgIpc) is 2.93. The Morgan fingerprint density at radius 2 is 1.89 bits per heavy atom. The number of hydrogen-bond donors (Lipinski definition) is 0. The Morgan fingerprint density at radius 1 is 1.05 bits per heavy atom. The molecule has 0 unspecified atom stereocenters. The Bertz CT molecular complexity index is 723. The van der Waals surface area contributed by atoms with Gasteiger partial charge in [0, 0.05) is 18.0 Å². The molecule has 0 atom stereocenters. The number of methoxy groups -OCH3 is 2. The Hall–Kier alpha value is -2.63. The van der Waals surface area contributed by atoms with Crippen molar-refractivity contribution >= 4 is 5.78 Å². The first-order valence-electron chi connectivity index (χ1n) is 5.69. The van der Waals surface area contributed by atoms with Gasteiger partial charge in [-0.05, 0) is 17.7 Å². The average molecular weight is 256 g/mol. The first kappa shape index (κ1) is 11.5. The summed E-state index contributed by atoms with van der Waals surface area (Å²) in [5.74, 6) is 1.96. The predicted molar refractivity (Wildman–Crippen MR) is 69.3 cm³/mol. The molecule has 0 radical (unpaired) electrons. The second-order valence-electron chi connectivity index (χ2n) is 3.95. The van der Waals surface area contributed by atoms with Crippen molar-refractivity contribution in [3.63, 3.8) is 0 Å². The molecule has 2 aromatic heterocycles. The molecule has 96 valence electrons. The summed E-state index contributed by atoms with van der Waals surface area (Å²) in [7, 11) is 3.23. The lowest BCUT2D eigenvalue weighted by Crippen LogP contribution is -1.92. The fourth-order valence-corrected chi connectivity index (χ4v) is 1.90. The van der Waals surface area contributed by atoms with Crippen LogP contribution in [0.25, 0.3) is 16.9 Å². The van der Waals surface area contributed by atoms with Crippen LogP contribution in [0.2, 0.25) is 0 Å². The van der Waals surface area contributed by atoms with Gasteiger partial charge in [0.25, 0.3) is 5.78 Å². The van der Waals surface area contributed by atoms with Gasteiger partial charge in [0.2, 0.25) is 0 Å². The van der Waals surface area contributed by atoms with Crippen molar-refractivity contribution in [3.05, 3.63) is 36.9 Å². The summed E-state index contributed by atoms with van der Waals surface area (Å²) in [5.41, 5.74) is 1.94. The minimum absolute atomic E-state index is 0.573. The standard InChI is InChI=1S/C13H12N4O2/c1-18-11-4-3-9(5-12(11)19-2)10-6-14-13-16-15-8-17(13)7-10/h3-8H,1-2H3. The summed E-state index contributed by atoms with van der Waals surface area (Å²) in [5, 5.41) is 7.67. The first-order valence-corrected chi connectivity index (χ1v) is 5.69. The second kappa shape index (κ2) is 4.56. The fraction of sp³-hybridized carbons (Fsp3) is 0.154. The zero-order valence-electron chi connectivity index (χ0n) is 10.6. The van der Waals surface area contributed by atoms with Crippen molar-refractivity contribution in [1.82, 2.24) is 19.6 Å². The molecule has 2 heterocycles. The monoisotopic (exact) mass is 256 g/mol. The number of benzene rings is 1. The molecule has 6 heteroatoms. The predicted octanol–water partition coefficient (Wildman–Crippen LogP) is 1.81. The molecule has 0 spiro atoms. The van der Waals surface area contributed by atoms with E-state index in [1.165, 1.54) is 0 Å². The third kappa shape index (κ3) is 1.97. The van der Waals surface area contributed by atoms with E-state index >= 15 is 0 Å². The van der Waals surface area contributed by atoms with Gasteiger partial charge in [0.1, 0.15) is 6.33 Å². The quantitative estimate of drug-likeness (QED) is 0.715. The van der Waals surface area contributed by atoms with Crippen LogP contribution in [0.1, 0.15) is 0 Å². The maximum absolute atomic E-state index is 5.29. The Kier molecular flexibility index (Phi) is 2.75. The molecule has 6 nitrogen and oxygen atoms in total. The van der Waals surface area contributed by atoms with E-state index < -0.39 is 0 Å². The van der Waals surface area contributed by atoms with Gasteiger partial charge < -0.3 is 9.47 Å². The van der Waals surface area contributed by atoms with Crippen LogP contribution in [0.5, 0.6) is 11.5 Å². The topological polar surface area (TPSA) is 61.5 Å². The lowest BCUT2D eigenvalue weighted by atomic mass is 10.1. The van der Waals surface area contributed by atoms with Crippen molar-refractivity contribution in [2.24, 2.45) is 0 Å². The molecule has 0 aliphatic heterocycles. The number of hydrogen-bond acceptors (Lipinski definition) is 5. The van der Waals surface area contributed by atoms with Gasteiger partial charge in [-0.25, -0.2) is 4.98 Å². The highest BCUT2D eigenvalue weighted by molar-refractivity contribution is 5.66. The Labute approximate surface area is 109 Å². The lowest BCUT2D eigenvalue weighted by molar-refractivity contribution is 0.355. The van der Waals surface area contributed by atoms with Crippen molar-refractivity contribution < 1.29 is 9.47 Å². The van der Waals surface area contributed by atoms with E-state index in [1.54, 1.807) is 31.1 Å². The van der Waals surface area contributed by atoms with Crippen molar-refractivity contribution in [3.8, 4) is 22.6 Å². The Balaban J connectivity index is 2.09. The molecule has 19 heavy (non-hydrogen) atoms. The van der Waals surface area contributed by atoms with Crippen LogP contribution >= 0.6 is 0 Å². The third-order valence-corrected chi connectivity index (χ3v) is 2.87. The number of aromatic nitrogens is 4. The maximum atomic E-state index is 5.29. The van der Waals surface area contributed by atoms with Crippen LogP contribution in [0.4, 0.5) is 0 Å². The molecule has 0 saturated carbocycles. The molecule has 0 saturated heterocycles. The van der Waals surface area contributed by atoms with Crippen LogP contribution in [-0.4, -0.2) is 33.8 Å². The number of ether oxygens (including phenoxy) is 2. The van der Waals surface area contributed by atoms with Gasteiger partial charge >= 0.3 is 0 Å². The van der Waals surface area contributed by atoms with Crippen LogP contribution in [0, 0.1) is 0 Å². The normalized spacial score (nSPS) is 10.6. The summed E-state index contributed by atoms with van der Waals surface area (Å²) in [6.45, 7) is 0. The van der Waals surface area contributed by atoms with Crippen LogP contribution in [0.15, 0.2) is 36.9 Å². The van der Waals surface area contributed by atoms with Crippen LogP contribution < -0.4 is 9.47 Å². The third-order valence-electron chi connectivity index (χ3n) is 2.87. The van der Waals surface area contributed by atoms with Gasteiger partial charge in [0.05, 0.1) is 14.2 Å². The van der Waals surface area contributed by atoms with E-state index in [-0.39, 0.29) is 0 Å². The molecule has 0 aliphatic rings. The molecule has 0 fully saturated rings. The van der Waals surface area contributed by atoms with Crippen molar-refractivity contribution in [2.75, 3.05) is 14.2 Å². The summed E-state index contributed by atoms with van der Waals surface area (Å²) in [4.78, 5) is 4.23. The molecular weight excluding hydrogens is 244 g/mol. The molecule has 0 aliphatic carbocycles. The van der Waals surface area contributed by atoms with Crippen LogP contribution in [0.3, 0.4) is 0 Å². The molecule has 1 aromatic carbocycles. The van der Waals surface area contributed by atoms with E-state index in [0.29, 0.717) is 17.3 Å². The van der Waals surface area contributed by atoms with Crippen LogP contribution in [-0.2, 0) is 0 Å². The van der Waals surface area contributed by atoms with Gasteiger partial charge in [-0.15, -0.1) is 10.2 Å². The molecule has 3 aromatic rings. The maximum Gasteiger partial charge on any atom is 0.254 e. The highest BCUT2D eigenvalue weighted by atomic mass is 16.5. The summed E-state index contributed by atoms with van der Waals surface area (Å²) >= 11 is 0. The number of fused-ring (bicyclic) bond motifs is 1. The number of rotatable bonds is 3. The fourth-order valence-electron chi connectivity index (χ4n) is 1.90. The molecule has 0 amide bonds. The molecule has 0 bridgehead atoms. The summed E-state index contributed by atoms with van der Waals surface area (Å²) in [6.07, 6.45) is 5.29. The highest BCUT2D eigenvalue weighted by Crippen LogP contribution is 2.31. The van der Waals surface area contributed by atoms with E-state index in [9.17, 15) is 0 Å². The highest BCUT2D eigenvalue weighted by Gasteiger charge is 2.07. The SMILES string of the molecule is COc1ccc(-c2cnc3nncn3c2)cc1OC. The van der Waals surface area contributed by atoms with Gasteiger partial charge in [-0.3, -0.25) is 4.40 Å². The number of nitrogens with zero attached hydrogens (tertiary/aromatic N) is 4. The summed E-state index contributed by atoms with van der Waals surface area (Å²) in [6, 6.07) is 5.73. The van der Waals surface area contributed by atoms with E-state index in [0.717, 1.165) is 11.1 Å². The van der Waals surface area contributed by atoms with Gasteiger partial charge in [-0.2, -0.15) is 0 Å². The zero-order valence-corrected chi connectivity index (χ0v) is 10.6. The summed E-state index contributed by atoms with van der Waals surface area (Å²) < 4.78 is 12.3. The van der Waals surface area contributed by atoms with Gasteiger partial charge in [0.15, 0.2) is 11.5 Å². The largest absolute Gasteiger partial charge is 0.493 e. The minimum Gasteiger partial charge on any atom is -0.493 e. The van der Waals surface area contributed by atoms with Crippen molar-refractivity contribution in [1.29, 1.82) is 0 Å². The second-order valence-corrected chi connectivity index (χ2v) is 3.95. The Morgan fingerprint density at radius 3 is 2.68 bits per heavy atom. The first-order chi connectivity index (χ1) is 9.31. The van der Waals surface area contributed by atoms with E-state index in [4.69, 9.17) is 9.47 Å².